The van der Waals surface area contributed by atoms with E-state index in [0.29, 0.717) is 17.5 Å². The van der Waals surface area contributed by atoms with Crippen LogP contribution < -0.4 is 0 Å². The monoisotopic (exact) mass is 675 g/mol. The molecule has 0 radical (unpaired) electrons. The zero-order chi connectivity index (χ0) is 34.9. The van der Waals surface area contributed by atoms with Gasteiger partial charge in [0.1, 0.15) is 11.2 Å². The minimum absolute atomic E-state index is 0.588. The summed E-state index contributed by atoms with van der Waals surface area (Å²) in [6, 6.07) is 61.7. The van der Waals surface area contributed by atoms with Crippen LogP contribution in [0.15, 0.2) is 180 Å². The second kappa shape index (κ2) is 11.7. The zero-order valence-electron chi connectivity index (χ0n) is 28.5. The van der Waals surface area contributed by atoms with Gasteiger partial charge in [0, 0.05) is 32.8 Å². The number of rotatable bonds is 4. The number of hydrogen-bond acceptors (Lipinski definition) is 4. The average molecular weight is 676 g/mol. The van der Waals surface area contributed by atoms with E-state index in [-0.39, 0.29) is 0 Å². The summed E-state index contributed by atoms with van der Waals surface area (Å²) in [5.41, 5.74) is 6.69. The van der Waals surface area contributed by atoms with Gasteiger partial charge in [0.2, 0.25) is 0 Å². The molecule has 0 N–H and O–H groups in total. The summed E-state index contributed by atoms with van der Waals surface area (Å²) in [5.74, 6) is 1.82. The van der Waals surface area contributed by atoms with Crippen molar-refractivity contribution in [3.63, 3.8) is 0 Å². The van der Waals surface area contributed by atoms with Crippen LogP contribution in [-0.2, 0) is 0 Å². The summed E-state index contributed by atoms with van der Waals surface area (Å²) in [6.45, 7) is 0. The van der Waals surface area contributed by atoms with Gasteiger partial charge in [-0.15, -0.1) is 0 Å². The molecule has 2 heterocycles. The summed E-state index contributed by atoms with van der Waals surface area (Å²) in [4.78, 5) is 15.6. The second-order valence-corrected chi connectivity index (χ2v) is 13.6. The maximum Gasteiger partial charge on any atom is 0.164 e. The lowest BCUT2D eigenvalue weighted by atomic mass is 9.93. The Morgan fingerprint density at radius 1 is 0.302 bits per heavy atom. The third kappa shape index (κ3) is 4.88. The molecule has 0 saturated heterocycles. The first-order valence-corrected chi connectivity index (χ1v) is 17.8. The Kier molecular flexibility index (Phi) is 6.52. The van der Waals surface area contributed by atoms with E-state index in [4.69, 9.17) is 19.4 Å². The Bertz CT molecular complexity index is 3250. The molecule has 11 rings (SSSR count). The standard InChI is InChI=1S/C49H29N3O/c1-3-12-34-27-36(21-19-30(34)9-1)40-17-7-14-33-15-8-18-42(45(33)40)49-51-47(37-22-20-31-10-2-4-13-35(31)28-37)50-48(52-49)38-23-25-41-44(29-38)53-43-26-24-32-11-5-6-16-39(32)46(41)43/h1-29H. The fourth-order valence-corrected chi connectivity index (χ4v) is 7.89. The van der Waals surface area contributed by atoms with Crippen molar-refractivity contribution in [1.29, 1.82) is 0 Å². The molecule has 11 aromatic rings. The van der Waals surface area contributed by atoms with Crippen LogP contribution >= 0.6 is 0 Å². The molecule has 0 amide bonds. The van der Waals surface area contributed by atoms with Crippen molar-refractivity contribution in [2.75, 3.05) is 0 Å². The van der Waals surface area contributed by atoms with Crippen molar-refractivity contribution in [1.82, 2.24) is 15.0 Å². The first-order valence-electron chi connectivity index (χ1n) is 17.8. The van der Waals surface area contributed by atoms with Crippen LogP contribution in [0.5, 0.6) is 0 Å². The van der Waals surface area contributed by atoms with Crippen LogP contribution in [0.1, 0.15) is 0 Å². The van der Waals surface area contributed by atoms with E-state index in [1.54, 1.807) is 0 Å². The molecular weight excluding hydrogens is 647 g/mol. The molecule has 0 saturated carbocycles. The summed E-state index contributed by atoms with van der Waals surface area (Å²) < 4.78 is 6.48. The molecule has 246 valence electrons. The smallest absolute Gasteiger partial charge is 0.164 e. The van der Waals surface area contributed by atoms with Gasteiger partial charge >= 0.3 is 0 Å². The Morgan fingerprint density at radius 2 is 0.849 bits per heavy atom. The van der Waals surface area contributed by atoms with Crippen LogP contribution in [0.3, 0.4) is 0 Å². The zero-order valence-corrected chi connectivity index (χ0v) is 28.5. The van der Waals surface area contributed by atoms with Crippen LogP contribution in [0.2, 0.25) is 0 Å². The molecule has 0 atom stereocenters. The van der Waals surface area contributed by atoms with E-state index < -0.39 is 0 Å². The third-order valence-electron chi connectivity index (χ3n) is 10.5. The number of aromatic nitrogens is 3. The Hall–Kier alpha value is -7.17. The lowest BCUT2D eigenvalue weighted by molar-refractivity contribution is 0.669. The molecule has 0 spiro atoms. The van der Waals surface area contributed by atoms with E-state index in [2.05, 4.69) is 176 Å². The van der Waals surface area contributed by atoms with Crippen LogP contribution in [0, 0.1) is 0 Å². The van der Waals surface area contributed by atoms with Crippen molar-refractivity contribution in [2.24, 2.45) is 0 Å². The highest BCUT2D eigenvalue weighted by Gasteiger charge is 2.19. The molecule has 0 bridgehead atoms. The molecule has 0 fully saturated rings. The number of hydrogen-bond donors (Lipinski definition) is 0. The van der Waals surface area contributed by atoms with Crippen LogP contribution in [0.25, 0.3) is 110 Å². The fraction of sp³-hybridized carbons (Fsp3) is 0. The normalized spacial score (nSPS) is 11.8. The summed E-state index contributed by atoms with van der Waals surface area (Å²) >= 11 is 0. The van der Waals surface area contributed by atoms with Gasteiger partial charge in [0.15, 0.2) is 17.5 Å². The van der Waals surface area contributed by atoms with E-state index in [0.717, 1.165) is 65.9 Å². The minimum Gasteiger partial charge on any atom is -0.456 e. The lowest BCUT2D eigenvalue weighted by Crippen LogP contribution is -2.01. The van der Waals surface area contributed by atoms with E-state index in [1.807, 2.05) is 0 Å². The molecule has 4 nitrogen and oxygen atoms in total. The first-order chi connectivity index (χ1) is 26.2. The quantitative estimate of drug-likeness (QED) is 0.186. The van der Waals surface area contributed by atoms with Crippen molar-refractivity contribution < 1.29 is 4.42 Å². The number of furan rings is 1. The molecular formula is C49H29N3O. The fourth-order valence-electron chi connectivity index (χ4n) is 7.89. The molecule has 9 aromatic carbocycles. The maximum absolute atomic E-state index is 6.48. The van der Waals surface area contributed by atoms with E-state index in [9.17, 15) is 0 Å². The van der Waals surface area contributed by atoms with Gasteiger partial charge in [-0.25, -0.2) is 15.0 Å². The van der Waals surface area contributed by atoms with Gasteiger partial charge in [-0.3, -0.25) is 0 Å². The third-order valence-corrected chi connectivity index (χ3v) is 10.5. The highest BCUT2D eigenvalue weighted by Crippen LogP contribution is 2.39. The molecule has 2 aromatic heterocycles. The minimum atomic E-state index is 0.588. The van der Waals surface area contributed by atoms with Crippen molar-refractivity contribution >= 4 is 65.0 Å². The van der Waals surface area contributed by atoms with Crippen molar-refractivity contribution in [2.45, 2.75) is 0 Å². The van der Waals surface area contributed by atoms with Gasteiger partial charge in [0.25, 0.3) is 0 Å². The average Bonchev–Trinajstić information content (AvgIpc) is 3.61. The molecule has 0 aliphatic rings. The molecule has 0 unspecified atom stereocenters. The summed E-state index contributed by atoms with van der Waals surface area (Å²) in [7, 11) is 0. The predicted molar refractivity (Wildman–Crippen MR) is 219 cm³/mol. The number of fused-ring (bicyclic) bond motifs is 8. The van der Waals surface area contributed by atoms with Crippen LogP contribution in [0.4, 0.5) is 0 Å². The lowest BCUT2D eigenvalue weighted by Gasteiger charge is -2.14. The Labute approximate surface area is 304 Å². The Morgan fingerprint density at radius 3 is 1.60 bits per heavy atom. The van der Waals surface area contributed by atoms with E-state index in [1.165, 1.54) is 26.9 Å². The van der Waals surface area contributed by atoms with E-state index >= 15 is 0 Å². The highest BCUT2D eigenvalue weighted by atomic mass is 16.3. The summed E-state index contributed by atoms with van der Waals surface area (Å²) in [5, 5.41) is 11.5. The first kappa shape index (κ1) is 29.5. The maximum atomic E-state index is 6.48. The van der Waals surface area contributed by atoms with Gasteiger partial charge in [-0.1, -0.05) is 146 Å². The van der Waals surface area contributed by atoms with Gasteiger partial charge in [-0.2, -0.15) is 0 Å². The highest BCUT2D eigenvalue weighted by molar-refractivity contribution is 6.19. The predicted octanol–water partition coefficient (Wildman–Crippen LogP) is 13.1. The summed E-state index contributed by atoms with van der Waals surface area (Å²) in [6.07, 6.45) is 0. The van der Waals surface area contributed by atoms with Crippen LogP contribution in [-0.4, -0.2) is 15.0 Å². The van der Waals surface area contributed by atoms with Crippen molar-refractivity contribution in [3.05, 3.63) is 176 Å². The van der Waals surface area contributed by atoms with Gasteiger partial charge in [-0.05, 0) is 79.2 Å². The SMILES string of the molecule is c1ccc2cc(-c3nc(-c4ccc5c(c4)oc4ccc6ccccc6c45)nc(-c4cccc5cccc(-c6ccc7ccccc7c6)c45)n3)ccc2c1. The van der Waals surface area contributed by atoms with Gasteiger partial charge in [0.05, 0.1) is 0 Å². The Balaban J connectivity index is 1.15. The van der Waals surface area contributed by atoms with Crippen molar-refractivity contribution in [3.8, 4) is 45.3 Å². The molecule has 0 aliphatic carbocycles. The molecule has 53 heavy (non-hydrogen) atoms. The topological polar surface area (TPSA) is 51.8 Å². The number of benzene rings is 9. The largest absolute Gasteiger partial charge is 0.456 e. The number of nitrogens with zero attached hydrogens (tertiary/aromatic N) is 3. The van der Waals surface area contributed by atoms with Gasteiger partial charge < -0.3 is 4.42 Å². The second-order valence-electron chi connectivity index (χ2n) is 13.6. The molecule has 4 heteroatoms. The molecule has 0 aliphatic heterocycles.